The average molecular weight is 370 g/mol. The quantitative estimate of drug-likeness (QED) is 0.696. The molecule has 3 aromatic rings. The molecule has 0 fully saturated rings. The molecule has 28 heavy (non-hydrogen) atoms. The highest BCUT2D eigenvalue weighted by Crippen LogP contribution is 2.28. The summed E-state index contributed by atoms with van der Waals surface area (Å²) in [7, 11) is 0. The van der Waals surface area contributed by atoms with Crippen molar-refractivity contribution in [1.82, 2.24) is 0 Å². The maximum atomic E-state index is 12.6. The molecule has 138 valence electrons. The van der Waals surface area contributed by atoms with Crippen molar-refractivity contribution in [2.24, 2.45) is 0 Å². The van der Waals surface area contributed by atoms with Crippen LogP contribution in [0.3, 0.4) is 0 Å². The maximum absolute atomic E-state index is 12.6. The van der Waals surface area contributed by atoms with Crippen LogP contribution in [0.4, 0.5) is 11.4 Å². The van der Waals surface area contributed by atoms with Gasteiger partial charge in [-0.3, -0.25) is 14.4 Å². The van der Waals surface area contributed by atoms with Crippen LogP contribution >= 0.6 is 0 Å². The number of hydrogen-bond donors (Lipinski definition) is 1. The largest absolute Gasteiger partial charge is 0.322 e. The molecule has 0 saturated carbocycles. The van der Waals surface area contributed by atoms with Crippen LogP contribution in [0.2, 0.25) is 0 Å². The first-order valence-corrected chi connectivity index (χ1v) is 9.07. The second-order valence-electron chi connectivity index (χ2n) is 6.50. The summed E-state index contributed by atoms with van der Waals surface area (Å²) in [5.41, 5.74) is 3.51. The van der Waals surface area contributed by atoms with E-state index in [4.69, 9.17) is 0 Å². The van der Waals surface area contributed by atoms with E-state index in [1.165, 1.54) is 0 Å². The molecule has 0 bridgehead atoms. The van der Waals surface area contributed by atoms with Crippen molar-refractivity contribution >= 4 is 29.1 Å². The molecule has 1 N–H and O–H groups in total. The number of amides is 3. The summed E-state index contributed by atoms with van der Waals surface area (Å²) in [6.07, 6.45) is 0.815. The number of benzene rings is 3. The standard InChI is InChI=1S/C23H18N2O3/c1-2-15-7-3-6-10-20(15)24-21(26)16-11-13-17(14-12-16)25-22(27)18-8-4-5-9-19(18)23(25)28/h3-14H,2H2,1H3,(H,24,26). The number of hydrogen-bond acceptors (Lipinski definition) is 3. The molecule has 1 heterocycles. The summed E-state index contributed by atoms with van der Waals surface area (Å²) >= 11 is 0. The molecule has 5 nitrogen and oxygen atoms in total. The second kappa shape index (κ2) is 7.12. The number of aryl methyl sites for hydroxylation is 1. The Hall–Kier alpha value is -3.73. The van der Waals surface area contributed by atoms with E-state index in [1.807, 2.05) is 31.2 Å². The molecule has 1 aliphatic heterocycles. The molecule has 1 aliphatic rings. The zero-order valence-electron chi connectivity index (χ0n) is 15.3. The fourth-order valence-corrected chi connectivity index (χ4v) is 3.33. The van der Waals surface area contributed by atoms with Crippen LogP contribution in [0, 0.1) is 0 Å². The summed E-state index contributed by atoms with van der Waals surface area (Å²) in [4.78, 5) is 38.8. The molecule has 0 aliphatic carbocycles. The number of anilines is 2. The zero-order valence-corrected chi connectivity index (χ0v) is 15.3. The molecular weight excluding hydrogens is 352 g/mol. The van der Waals surface area contributed by atoms with Gasteiger partial charge in [0, 0.05) is 11.3 Å². The first-order chi connectivity index (χ1) is 13.6. The van der Waals surface area contributed by atoms with E-state index in [9.17, 15) is 14.4 Å². The Bertz CT molecular complexity index is 1050. The molecule has 0 atom stereocenters. The molecule has 0 aromatic heterocycles. The van der Waals surface area contributed by atoms with E-state index in [1.54, 1.807) is 48.5 Å². The monoisotopic (exact) mass is 370 g/mol. The third kappa shape index (κ3) is 2.97. The molecule has 4 rings (SSSR count). The van der Waals surface area contributed by atoms with Gasteiger partial charge in [-0.2, -0.15) is 0 Å². The molecule has 0 spiro atoms. The Labute approximate surface area is 162 Å². The Balaban J connectivity index is 1.56. The SMILES string of the molecule is CCc1ccccc1NC(=O)c1ccc(N2C(=O)c3ccccc3C2=O)cc1. The predicted molar refractivity (Wildman–Crippen MR) is 108 cm³/mol. The van der Waals surface area contributed by atoms with Gasteiger partial charge >= 0.3 is 0 Å². The van der Waals surface area contributed by atoms with Crippen molar-refractivity contribution < 1.29 is 14.4 Å². The molecule has 0 unspecified atom stereocenters. The molecule has 0 radical (unpaired) electrons. The lowest BCUT2D eigenvalue weighted by atomic mass is 10.1. The van der Waals surface area contributed by atoms with Gasteiger partial charge < -0.3 is 5.32 Å². The van der Waals surface area contributed by atoms with Gasteiger partial charge in [0.15, 0.2) is 0 Å². The summed E-state index contributed by atoms with van der Waals surface area (Å²) in [6, 6.07) is 20.8. The summed E-state index contributed by atoms with van der Waals surface area (Å²) < 4.78 is 0. The van der Waals surface area contributed by atoms with Gasteiger partial charge in [0.2, 0.25) is 0 Å². The summed E-state index contributed by atoms with van der Waals surface area (Å²) in [5, 5.41) is 2.91. The van der Waals surface area contributed by atoms with Crippen molar-refractivity contribution in [1.29, 1.82) is 0 Å². The smallest absolute Gasteiger partial charge is 0.266 e. The number of nitrogens with one attached hydrogen (secondary N) is 1. The summed E-state index contributed by atoms with van der Waals surface area (Å²) in [5.74, 6) is -0.945. The fraction of sp³-hybridized carbons (Fsp3) is 0.0870. The van der Waals surface area contributed by atoms with Crippen molar-refractivity contribution in [3.63, 3.8) is 0 Å². The van der Waals surface area contributed by atoms with Crippen LogP contribution in [-0.4, -0.2) is 17.7 Å². The van der Waals surface area contributed by atoms with Crippen molar-refractivity contribution in [2.75, 3.05) is 10.2 Å². The van der Waals surface area contributed by atoms with Crippen molar-refractivity contribution in [3.05, 3.63) is 95.1 Å². The molecule has 0 saturated heterocycles. The minimum atomic E-state index is -0.352. The van der Waals surface area contributed by atoms with Crippen molar-refractivity contribution in [3.8, 4) is 0 Å². The van der Waals surface area contributed by atoms with E-state index < -0.39 is 0 Å². The van der Waals surface area contributed by atoms with Crippen LogP contribution in [-0.2, 0) is 6.42 Å². The molecular formula is C23H18N2O3. The maximum Gasteiger partial charge on any atom is 0.266 e. The van der Waals surface area contributed by atoms with Crippen LogP contribution in [0.1, 0.15) is 43.6 Å². The van der Waals surface area contributed by atoms with E-state index in [-0.39, 0.29) is 17.7 Å². The van der Waals surface area contributed by atoms with E-state index in [2.05, 4.69) is 5.32 Å². The molecule has 3 amide bonds. The highest BCUT2D eigenvalue weighted by atomic mass is 16.2. The predicted octanol–water partition coefficient (Wildman–Crippen LogP) is 4.30. The lowest BCUT2D eigenvalue weighted by Gasteiger charge is -2.14. The zero-order chi connectivity index (χ0) is 19.7. The normalized spacial score (nSPS) is 12.8. The number of nitrogens with zero attached hydrogens (tertiary/aromatic N) is 1. The van der Waals surface area contributed by atoms with Crippen molar-refractivity contribution in [2.45, 2.75) is 13.3 Å². The molecule has 5 heteroatoms. The molecule has 3 aromatic carbocycles. The van der Waals surface area contributed by atoms with Crippen LogP contribution in [0.25, 0.3) is 0 Å². The lowest BCUT2D eigenvalue weighted by molar-refractivity contribution is 0.0925. The number of para-hydroxylation sites is 1. The van der Waals surface area contributed by atoms with Gasteiger partial charge in [0.25, 0.3) is 17.7 Å². The van der Waals surface area contributed by atoms with Crippen LogP contribution < -0.4 is 10.2 Å². The van der Waals surface area contributed by atoms with Gasteiger partial charge in [-0.1, -0.05) is 37.3 Å². The van der Waals surface area contributed by atoms with Crippen LogP contribution in [0.5, 0.6) is 0 Å². The van der Waals surface area contributed by atoms with Gasteiger partial charge in [-0.25, -0.2) is 4.90 Å². The minimum Gasteiger partial charge on any atom is -0.322 e. The Morgan fingerprint density at radius 1 is 0.821 bits per heavy atom. The summed E-state index contributed by atoms with van der Waals surface area (Å²) in [6.45, 7) is 2.03. The number of carbonyl (C=O) groups is 3. The van der Waals surface area contributed by atoms with E-state index in [0.29, 0.717) is 22.4 Å². The minimum absolute atomic E-state index is 0.241. The van der Waals surface area contributed by atoms with Gasteiger partial charge in [0.1, 0.15) is 0 Å². The topological polar surface area (TPSA) is 66.5 Å². The first kappa shape index (κ1) is 17.7. The number of fused-ring (bicyclic) bond motifs is 1. The van der Waals surface area contributed by atoms with Gasteiger partial charge in [0.05, 0.1) is 16.8 Å². The van der Waals surface area contributed by atoms with Crippen LogP contribution in [0.15, 0.2) is 72.8 Å². The third-order valence-electron chi connectivity index (χ3n) is 4.83. The highest BCUT2D eigenvalue weighted by molar-refractivity contribution is 6.34. The lowest BCUT2D eigenvalue weighted by Crippen LogP contribution is -2.29. The van der Waals surface area contributed by atoms with Gasteiger partial charge in [-0.05, 0) is 54.4 Å². The number of rotatable bonds is 4. The average Bonchev–Trinajstić information content (AvgIpc) is 2.99. The first-order valence-electron chi connectivity index (χ1n) is 9.07. The Morgan fingerprint density at radius 2 is 1.39 bits per heavy atom. The third-order valence-corrected chi connectivity index (χ3v) is 4.83. The number of imide groups is 1. The fourth-order valence-electron chi connectivity index (χ4n) is 3.33. The van der Waals surface area contributed by atoms with E-state index >= 15 is 0 Å². The Morgan fingerprint density at radius 3 is 2.00 bits per heavy atom. The van der Waals surface area contributed by atoms with Gasteiger partial charge in [-0.15, -0.1) is 0 Å². The highest BCUT2D eigenvalue weighted by Gasteiger charge is 2.36. The van der Waals surface area contributed by atoms with E-state index in [0.717, 1.165) is 22.6 Å². The number of carbonyl (C=O) groups excluding carboxylic acids is 3. The Kier molecular flexibility index (Phi) is 4.49. The second-order valence-corrected chi connectivity index (χ2v) is 6.50.